The number of halogens is 1. The summed E-state index contributed by atoms with van der Waals surface area (Å²) in [5.41, 5.74) is 4.14. The second-order valence-electron chi connectivity index (χ2n) is 7.56. The maximum atomic E-state index is 4.87. The molecule has 0 saturated heterocycles. The van der Waals surface area contributed by atoms with E-state index in [2.05, 4.69) is 71.6 Å². The zero-order valence-electron chi connectivity index (χ0n) is 13.8. The Balaban J connectivity index is 1.71. The fourth-order valence-electron chi connectivity index (χ4n) is 3.49. The summed E-state index contributed by atoms with van der Waals surface area (Å²) in [6, 6.07) is 8.40. The van der Waals surface area contributed by atoms with Crippen molar-refractivity contribution in [3.8, 4) is 11.3 Å². The highest BCUT2D eigenvalue weighted by molar-refractivity contribution is 9.10. The Morgan fingerprint density at radius 3 is 2.65 bits per heavy atom. The molecule has 1 aliphatic rings. The van der Waals surface area contributed by atoms with Crippen molar-refractivity contribution in [1.82, 2.24) is 9.38 Å². The Kier molecular flexibility index (Phi) is 3.65. The van der Waals surface area contributed by atoms with E-state index in [1.807, 2.05) is 11.3 Å². The number of aromatic nitrogens is 2. The molecule has 2 heterocycles. The van der Waals surface area contributed by atoms with Crippen LogP contribution in [0.3, 0.4) is 0 Å². The molecule has 0 N–H and O–H groups in total. The van der Waals surface area contributed by atoms with Crippen LogP contribution in [0, 0.1) is 11.3 Å². The molecule has 1 aromatic carbocycles. The van der Waals surface area contributed by atoms with Gasteiger partial charge in [-0.1, -0.05) is 48.8 Å². The van der Waals surface area contributed by atoms with Crippen molar-refractivity contribution in [2.45, 2.75) is 40.0 Å². The molecule has 0 amide bonds. The van der Waals surface area contributed by atoms with Crippen molar-refractivity contribution in [3.05, 3.63) is 45.5 Å². The zero-order chi connectivity index (χ0) is 16.2. The van der Waals surface area contributed by atoms with E-state index >= 15 is 0 Å². The monoisotopic (exact) mass is 388 g/mol. The van der Waals surface area contributed by atoms with Crippen LogP contribution < -0.4 is 0 Å². The van der Waals surface area contributed by atoms with Gasteiger partial charge in [0.2, 0.25) is 0 Å². The van der Waals surface area contributed by atoms with Gasteiger partial charge in [0.25, 0.3) is 0 Å². The first-order valence-corrected chi connectivity index (χ1v) is 9.78. The number of hydrogen-bond donors (Lipinski definition) is 0. The number of nitrogens with zero attached hydrogens (tertiary/aromatic N) is 2. The number of benzene rings is 1. The number of hydrogen-bond acceptors (Lipinski definition) is 2. The van der Waals surface area contributed by atoms with Crippen LogP contribution in [0.2, 0.25) is 0 Å². The second-order valence-corrected chi connectivity index (χ2v) is 9.54. The number of fused-ring (bicyclic) bond motifs is 3. The quantitative estimate of drug-likeness (QED) is 0.501. The minimum Gasteiger partial charge on any atom is -0.294 e. The lowest BCUT2D eigenvalue weighted by Crippen LogP contribution is -2.26. The molecule has 120 valence electrons. The minimum atomic E-state index is 0.395. The van der Waals surface area contributed by atoms with Gasteiger partial charge in [-0.2, -0.15) is 0 Å². The molecule has 2 nitrogen and oxygen atoms in total. The van der Waals surface area contributed by atoms with Crippen molar-refractivity contribution >= 4 is 32.2 Å². The topological polar surface area (TPSA) is 17.3 Å². The van der Waals surface area contributed by atoms with Crippen LogP contribution in [0.5, 0.6) is 0 Å². The highest BCUT2D eigenvalue weighted by Gasteiger charge is 2.31. The van der Waals surface area contributed by atoms with E-state index in [9.17, 15) is 0 Å². The van der Waals surface area contributed by atoms with Crippen LogP contribution in [0.4, 0.5) is 0 Å². The fraction of sp³-hybridized carbons (Fsp3) is 0.421. The average Bonchev–Trinajstić information content (AvgIpc) is 3.04. The van der Waals surface area contributed by atoms with Gasteiger partial charge in [0.15, 0.2) is 4.96 Å². The summed E-state index contributed by atoms with van der Waals surface area (Å²) in [5.74, 6) is 0.782. The number of aryl methyl sites for hydroxylation is 1. The molecule has 0 radical (unpaired) electrons. The largest absolute Gasteiger partial charge is 0.294 e. The van der Waals surface area contributed by atoms with Crippen LogP contribution in [-0.2, 0) is 12.8 Å². The molecular weight excluding hydrogens is 368 g/mol. The third kappa shape index (κ3) is 2.76. The molecular formula is C19H21BrN2S. The van der Waals surface area contributed by atoms with Gasteiger partial charge in [0.05, 0.1) is 5.69 Å². The highest BCUT2D eigenvalue weighted by Crippen LogP contribution is 2.40. The van der Waals surface area contributed by atoms with Crippen LogP contribution in [0.15, 0.2) is 34.9 Å². The first-order valence-electron chi connectivity index (χ1n) is 8.17. The summed E-state index contributed by atoms with van der Waals surface area (Å²) in [6.45, 7) is 7.10. The lowest BCUT2D eigenvalue weighted by Gasteiger charge is -2.33. The van der Waals surface area contributed by atoms with Crippen LogP contribution in [-0.4, -0.2) is 9.38 Å². The summed E-state index contributed by atoms with van der Waals surface area (Å²) >= 11 is 5.37. The van der Waals surface area contributed by atoms with Crippen molar-refractivity contribution in [2.24, 2.45) is 11.3 Å². The van der Waals surface area contributed by atoms with Gasteiger partial charge in [0, 0.05) is 26.8 Å². The Hall–Kier alpha value is -1.13. The Morgan fingerprint density at radius 1 is 1.22 bits per heavy atom. The van der Waals surface area contributed by atoms with E-state index in [0.29, 0.717) is 5.41 Å². The van der Waals surface area contributed by atoms with Crippen molar-refractivity contribution < 1.29 is 0 Å². The molecule has 0 fully saturated rings. The molecule has 1 aliphatic carbocycles. The smallest absolute Gasteiger partial charge is 0.194 e. The van der Waals surface area contributed by atoms with E-state index in [0.717, 1.165) is 21.0 Å². The van der Waals surface area contributed by atoms with Gasteiger partial charge in [-0.05, 0) is 42.7 Å². The summed E-state index contributed by atoms with van der Waals surface area (Å²) < 4.78 is 3.43. The third-order valence-electron chi connectivity index (χ3n) is 5.03. The fourth-order valence-corrected chi connectivity index (χ4v) is 4.98. The van der Waals surface area contributed by atoms with Crippen LogP contribution in [0.1, 0.15) is 37.8 Å². The summed E-state index contributed by atoms with van der Waals surface area (Å²) in [7, 11) is 0. The molecule has 23 heavy (non-hydrogen) atoms. The van der Waals surface area contributed by atoms with E-state index in [4.69, 9.17) is 4.98 Å². The SMILES string of the molecule is CC(C)(C)[C@H]1CCc2c(sc3nc(-c4ccc(Br)cc4)cn23)C1. The first kappa shape index (κ1) is 15.4. The molecule has 0 saturated carbocycles. The average molecular weight is 389 g/mol. The van der Waals surface area contributed by atoms with Crippen LogP contribution in [0.25, 0.3) is 16.2 Å². The van der Waals surface area contributed by atoms with Gasteiger partial charge >= 0.3 is 0 Å². The lowest BCUT2D eigenvalue weighted by atomic mass is 9.73. The van der Waals surface area contributed by atoms with Gasteiger partial charge < -0.3 is 0 Å². The van der Waals surface area contributed by atoms with Gasteiger partial charge in [0.1, 0.15) is 0 Å². The maximum absolute atomic E-state index is 4.87. The molecule has 0 aliphatic heterocycles. The summed E-state index contributed by atoms with van der Waals surface area (Å²) in [5, 5.41) is 0. The molecule has 0 bridgehead atoms. The third-order valence-corrected chi connectivity index (χ3v) is 6.67. The molecule has 0 spiro atoms. The predicted octanol–water partition coefficient (Wildman–Crippen LogP) is 5.98. The van der Waals surface area contributed by atoms with Crippen molar-refractivity contribution in [2.75, 3.05) is 0 Å². The molecule has 4 heteroatoms. The van der Waals surface area contributed by atoms with Gasteiger partial charge in [-0.15, -0.1) is 11.3 Å². The zero-order valence-corrected chi connectivity index (χ0v) is 16.2. The lowest BCUT2D eigenvalue weighted by molar-refractivity contribution is 0.216. The molecule has 3 aromatic rings. The highest BCUT2D eigenvalue weighted by atomic mass is 79.9. The minimum absolute atomic E-state index is 0.395. The number of imidazole rings is 1. The van der Waals surface area contributed by atoms with Crippen molar-refractivity contribution in [1.29, 1.82) is 0 Å². The van der Waals surface area contributed by atoms with Crippen molar-refractivity contribution in [3.63, 3.8) is 0 Å². The Morgan fingerprint density at radius 2 is 1.96 bits per heavy atom. The van der Waals surface area contributed by atoms with E-state index < -0.39 is 0 Å². The molecule has 1 atom stereocenters. The van der Waals surface area contributed by atoms with E-state index in [1.165, 1.54) is 30.5 Å². The van der Waals surface area contributed by atoms with Gasteiger partial charge in [-0.25, -0.2) is 4.98 Å². The summed E-state index contributed by atoms with van der Waals surface area (Å²) in [4.78, 5) is 7.55. The summed E-state index contributed by atoms with van der Waals surface area (Å²) in [6.07, 6.45) is 5.88. The van der Waals surface area contributed by atoms with E-state index in [-0.39, 0.29) is 0 Å². The first-order chi connectivity index (χ1) is 10.9. The number of rotatable bonds is 1. The van der Waals surface area contributed by atoms with Gasteiger partial charge in [-0.3, -0.25) is 4.40 Å². The maximum Gasteiger partial charge on any atom is 0.194 e. The van der Waals surface area contributed by atoms with E-state index in [1.54, 1.807) is 4.88 Å². The molecule has 0 unspecified atom stereocenters. The second kappa shape index (κ2) is 5.45. The Labute approximate surface area is 149 Å². The standard InChI is InChI=1S/C19H21BrN2S/c1-19(2,3)13-6-9-16-17(10-13)23-18-21-15(11-22(16)18)12-4-7-14(20)8-5-12/h4-5,7-8,11,13H,6,9-10H2,1-3H3/t13-/m0/s1. The van der Waals surface area contributed by atoms with Crippen LogP contribution >= 0.6 is 27.3 Å². The molecule has 4 rings (SSSR count). The Bertz CT molecular complexity index is 852. The normalized spacial score (nSPS) is 18.3. The number of thiazole rings is 1. The predicted molar refractivity (Wildman–Crippen MR) is 101 cm³/mol. The molecule has 2 aromatic heterocycles.